The van der Waals surface area contributed by atoms with Gasteiger partial charge in [0.05, 0.1) is 0 Å². The zero-order valence-corrected chi connectivity index (χ0v) is 26.4. The van der Waals surface area contributed by atoms with Crippen molar-refractivity contribution >= 4 is 0 Å². The molecule has 0 saturated heterocycles. The molecule has 0 aromatic heterocycles. The van der Waals surface area contributed by atoms with E-state index < -0.39 is 0 Å². The zero-order valence-electron chi connectivity index (χ0n) is 26.4. The first-order valence-electron chi connectivity index (χ1n) is 14.9. The van der Waals surface area contributed by atoms with E-state index in [1.807, 2.05) is 0 Å². The first-order chi connectivity index (χ1) is 18.4. The van der Waals surface area contributed by atoms with E-state index in [1.54, 1.807) is 5.57 Å². The van der Waals surface area contributed by atoms with Gasteiger partial charge in [0.1, 0.15) is 0 Å². The molecule has 39 heavy (non-hydrogen) atoms. The maximum atomic E-state index is 2.40. The molecule has 2 aliphatic rings. The second kappa shape index (κ2) is 15.7. The maximum absolute atomic E-state index is 2.40. The molecule has 2 aliphatic carbocycles. The average molecular weight is 523 g/mol. The minimum atomic E-state index is 0.292. The van der Waals surface area contributed by atoms with Crippen LogP contribution in [0.15, 0.2) is 130 Å². The minimum Gasteiger partial charge on any atom is -0.0808 e. The second-order valence-corrected chi connectivity index (χ2v) is 12.8. The number of hydrogen-bond donors (Lipinski definition) is 0. The van der Waals surface area contributed by atoms with Crippen molar-refractivity contribution in [2.75, 3.05) is 0 Å². The molecule has 0 radical (unpaired) electrons. The monoisotopic (exact) mass is 522 g/mol. The Morgan fingerprint density at radius 2 is 1.10 bits per heavy atom. The highest BCUT2D eigenvalue weighted by atomic mass is 14.3. The molecule has 2 rings (SSSR count). The third-order valence-electron chi connectivity index (χ3n) is 8.00. The van der Waals surface area contributed by atoms with Gasteiger partial charge in [-0.2, -0.15) is 0 Å². The molecular weight excluding hydrogens is 468 g/mol. The van der Waals surface area contributed by atoms with Crippen LogP contribution in [-0.2, 0) is 0 Å². The van der Waals surface area contributed by atoms with Gasteiger partial charge in [-0.05, 0) is 95.1 Å². The van der Waals surface area contributed by atoms with E-state index in [4.69, 9.17) is 0 Å². The molecule has 0 aromatic rings. The molecule has 0 amide bonds. The fourth-order valence-electron chi connectivity index (χ4n) is 5.30. The Morgan fingerprint density at radius 3 is 1.64 bits per heavy atom. The lowest BCUT2D eigenvalue weighted by Gasteiger charge is -2.32. The van der Waals surface area contributed by atoms with Crippen LogP contribution in [0.5, 0.6) is 0 Å². The molecule has 0 atom stereocenters. The van der Waals surface area contributed by atoms with Gasteiger partial charge < -0.3 is 0 Å². The van der Waals surface area contributed by atoms with E-state index in [0.717, 1.165) is 0 Å². The molecule has 0 unspecified atom stereocenters. The lowest BCUT2D eigenvalue weighted by molar-refractivity contribution is 0.377. The quantitative estimate of drug-likeness (QED) is 0.250. The van der Waals surface area contributed by atoms with Gasteiger partial charge in [0.15, 0.2) is 0 Å². The molecule has 0 fully saturated rings. The van der Waals surface area contributed by atoms with Crippen molar-refractivity contribution in [1.82, 2.24) is 0 Å². The van der Waals surface area contributed by atoms with Crippen molar-refractivity contribution in [3.8, 4) is 0 Å². The topological polar surface area (TPSA) is 0 Å². The van der Waals surface area contributed by atoms with Crippen molar-refractivity contribution in [2.24, 2.45) is 10.8 Å². The zero-order chi connectivity index (χ0) is 28.9. The van der Waals surface area contributed by atoms with Gasteiger partial charge in [0, 0.05) is 0 Å². The number of hydrogen-bond acceptors (Lipinski definition) is 0. The van der Waals surface area contributed by atoms with E-state index in [0.29, 0.717) is 10.8 Å². The second-order valence-electron chi connectivity index (χ2n) is 12.8. The van der Waals surface area contributed by atoms with Gasteiger partial charge in [-0.15, -0.1) is 0 Å². The Labute approximate surface area is 241 Å². The Kier molecular flexibility index (Phi) is 13.0. The van der Waals surface area contributed by atoms with Crippen LogP contribution in [0, 0.1) is 10.8 Å². The van der Waals surface area contributed by atoms with E-state index >= 15 is 0 Å². The van der Waals surface area contributed by atoms with Gasteiger partial charge in [-0.3, -0.25) is 0 Å². The maximum Gasteiger partial charge on any atom is -0.0104 e. The number of allylic oxidation sites excluding steroid dienone is 22. The van der Waals surface area contributed by atoms with Crippen molar-refractivity contribution in [3.05, 3.63) is 130 Å². The highest BCUT2D eigenvalue weighted by Gasteiger charge is 2.26. The van der Waals surface area contributed by atoms with Crippen LogP contribution in [0.4, 0.5) is 0 Å². The SMILES string of the molecule is CC1=C(/C=C/C(C)=C/C=C/C(C)=C/C=C/C=C(C)/C=C/C=C(C)/C=C/C2=CCCCC2(C)C)C(C)(C)CCC1. The van der Waals surface area contributed by atoms with Crippen molar-refractivity contribution in [2.45, 2.75) is 101 Å². The Morgan fingerprint density at radius 1 is 0.615 bits per heavy atom. The molecule has 0 heterocycles. The molecule has 210 valence electrons. The van der Waals surface area contributed by atoms with Crippen LogP contribution >= 0.6 is 0 Å². The summed E-state index contributed by atoms with van der Waals surface area (Å²) in [5, 5.41) is 0. The van der Waals surface area contributed by atoms with Crippen LogP contribution < -0.4 is 0 Å². The molecular formula is C39H54. The number of rotatable bonds is 10. The largest absolute Gasteiger partial charge is 0.0808 e. The van der Waals surface area contributed by atoms with Crippen LogP contribution in [0.25, 0.3) is 0 Å². The molecule has 0 heteroatoms. The standard InChI is InChI=1S/C39H54/c1-31(19-14-21-33(3)25-27-36-24-12-13-29-38(36,6)7)17-10-11-18-32(2)20-15-22-34(4)26-28-37-35(5)23-16-30-39(37,8)9/h10-11,14-15,17-22,24-28H,12-13,16,23,29-30H2,1-9H3/b11-10+,19-14+,20-15+,27-25+,28-26+,31-17+,32-18+,33-21+,34-22+. The summed E-state index contributed by atoms with van der Waals surface area (Å²) in [5.74, 6) is 0. The van der Waals surface area contributed by atoms with E-state index in [9.17, 15) is 0 Å². The first-order valence-corrected chi connectivity index (χ1v) is 14.9. The summed E-state index contributed by atoms with van der Waals surface area (Å²) in [5.41, 5.74) is 10.1. The van der Waals surface area contributed by atoms with E-state index in [-0.39, 0.29) is 0 Å². The van der Waals surface area contributed by atoms with Gasteiger partial charge in [0.2, 0.25) is 0 Å². The summed E-state index contributed by atoms with van der Waals surface area (Å²) in [4.78, 5) is 0. The lowest BCUT2D eigenvalue weighted by Crippen LogP contribution is -2.19. The third kappa shape index (κ3) is 11.8. The smallest absolute Gasteiger partial charge is 0.0104 e. The summed E-state index contributed by atoms with van der Waals surface area (Å²) in [6, 6.07) is 0. The van der Waals surface area contributed by atoms with Gasteiger partial charge >= 0.3 is 0 Å². The molecule has 0 aliphatic heterocycles. The van der Waals surface area contributed by atoms with Gasteiger partial charge in [0.25, 0.3) is 0 Å². The lowest BCUT2D eigenvalue weighted by atomic mass is 9.72. The first kappa shape index (κ1) is 32.4. The average Bonchev–Trinajstić information content (AvgIpc) is 2.85. The Bertz CT molecular complexity index is 1170. The summed E-state index contributed by atoms with van der Waals surface area (Å²) in [7, 11) is 0. The molecule has 0 N–H and O–H groups in total. The van der Waals surface area contributed by atoms with Gasteiger partial charge in [-0.25, -0.2) is 0 Å². The van der Waals surface area contributed by atoms with Crippen LogP contribution in [0.2, 0.25) is 0 Å². The van der Waals surface area contributed by atoms with Gasteiger partial charge in [-0.1, -0.05) is 147 Å². The Balaban J connectivity index is 1.86. The summed E-state index contributed by atoms with van der Waals surface area (Å²) >= 11 is 0. The van der Waals surface area contributed by atoms with Crippen molar-refractivity contribution < 1.29 is 0 Å². The fraction of sp³-hybridized carbons (Fsp3) is 0.436. The normalized spacial score (nSPS) is 21.9. The third-order valence-corrected chi connectivity index (χ3v) is 8.00. The predicted molar refractivity (Wildman–Crippen MR) is 177 cm³/mol. The minimum absolute atomic E-state index is 0.292. The highest BCUT2D eigenvalue weighted by molar-refractivity contribution is 5.38. The highest BCUT2D eigenvalue weighted by Crippen LogP contribution is 2.41. The summed E-state index contributed by atoms with van der Waals surface area (Å²) in [6.45, 7) is 20.4. The summed E-state index contributed by atoms with van der Waals surface area (Å²) < 4.78 is 0. The van der Waals surface area contributed by atoms with Crippen molar-refractivity contribution in [1.29, 1.82) is 0 Å². The van der Waals surface area contributed by atoms with Crippen LogP contribution in [0.3, 0.4) is 0 Å². The van der Waals surface area contributed by atoms with E-state index in [2.05, 4.69) is 153 Å². The fourth-order valence-corrected chi connectivity index (χ4v) is 5.30. The molecule has 0 nitrogen and oxygen atoms in total. The predicted octanol–water partition coefficient (Wildman–Crippen LogP) is 12.2. The molecule has 0 bridgehead atoms. The molecule has 0 aromatic carbocycles. The van der Waals surface area contributed by atoms with E-state index in [1.165, 1.54) is 72.0 Å². The molecule has 0 spiro atoms. The van der Waals surface area contributed by atoms with Crippen molar-refractivity contribution in [3.63, 3.8) is 0 Å². The Hall–Kier alpha value is -2.86. The van der Waals surface area contributed by atoms with Crippen LogP contribution in [0.1, 0.15) is 101 Å². The molecule has 0 saturated carbocycles. The van der Waals surface area contributed by atoms with Crippen LogP contribution in [-0.4, -0.2) is 0 Å². The summed E-state index contributed by atoms with van der Waals surface area (Å²) in [6.07, 6.45) is 40.7.